The molecule has 10 rings (SSSR count). The molecule has 0 radical (unpaired) electrons. The first-order valence-corrected chi connectivity index (χ1v) is 46.4. The van der Waals surface area contributed by atoms with E-state index in [1.807, 2.05) is 133 Å². The minimum atomic E-state index is -3.90. The number of esters is 3. The summed E-state index contributed by atoms with van der Waals surface area (Å²) >= 11 is 0. The van der Waals surface area contributed by atoms with Crippen molar-refractivity contribution < 1.29 is 158 Å². The van der Waals surface area contributed by atoms with Crippen LogP contribution in [-0.2, 0) is 127 Å². The predicted octanol–water partition coefficient (Wildman–Crippen LogP) is 11.4. The van der Waals surface area contributed by atoms with E-state index in [-0.39, 0.29) is 146 Å². The van der Waals surface area contributed by atoms with Gasteiger partial charge in [0.05, 0.1) is 127 Å². The number of aryl methyl sites for hydroxylation is 2. The highest BCUT2D eigenvalue weighted by Gasteiger charge is 2.44. The van der Waals surface area contributed by atoms with Crippen LogP contribution in [0, 0.1) is 37.5 Å². The Kier molecular flexibility index (Phi) is 56.6. The molecule has 7 fully saturated rings. The number of alkyl carbamates (subject to hydrolysis) is 4. The summed E-state index contributed by atoms with van der Waals surface area (Å²) in [6, 6.07) is 18.1. The van der Waals surface area contributed by atoms with E-state index in [9.17, 15) is 67.2 Å². The topological polar surface area (TPSA) is 564 Å². The fourth-order valence-corrected chi connectivity index (χ4v) is 17.4. The van der Waals surface area contributed by atoms with E-state index in [0.717, 1.165) is 76.6 Å². The fraction of sp³-hybridized carbons (Fsp3) is 0.677. The van der Waals surface area contributed by atoms with Crippen LogP contribution in [0.3, 0.4) is 0 Å². The molecule has 0 spiro atoms. The lowest BCUT2D eigenvalue weighted by molar-refractivity contribution is -0.146. The summed E-state index contributed by atoms with van der Waals surface area (Å²) in [4.78, 5) is 135. The molecule has 8 heterocycles. The molecule has 41 heteroatoms. The molecule has 7 aliphatic rings. The molecule has 0 aliphatic carbocycles. The molecule has 10 unspecified atom stereocenters. The SMILES string of the molecule is COC(=O)C(N)C1C[C@@H](C)O[C@@H](C)C1.COC(=O)C(NC(=O)OCc1ccccc1)=C1C[C@@H](C)O[C@@H](C)C1.COC(=O)C(NC(=O)OCc1ccccc1)P(=O)(OC)OC.COC(=O)NC(C(=O)O)C1C[C@@H](C)O[C@@H](C)C1.COC(=O)NC(C(=O)O)C1C[C@@H](C)O[C@@H](C)C1.C[C@@H]1CC(=O)C[C@H](C)O1.C[C@@H]1CC(C(N)C(=O)O)C[C@H](C)O1.C[C@@H]1CC(O)C[C@H](C)O1.Cc1cc(=O)cc(C)o1. The van der Waals surface area contributed by atoms with Crippen molar-refractivity contribution in [1.29, 1.82) is 0 Å². The molecule has 134 heavy (non-hydrogen) atoms. The lowest BCUT2D eigenvalue weighted by Gasteiger charge is -2.35. The zero-order valence-electron chi connectivity index (χ0n) is 81.7. The number of rotatable bonds is 21. The average molecular weight is 1930 g/mol. The second kappa shape index (κ2) is 63.0. The Morgan fingerprint density at radius 1 is 0.403 bits per heavy atom. The summed E-state index contributed by atoms with van der Waals surface area (Å²) in [5.41, 5.74) is 14.0. The van der Waals surface area contributed by atoms with Crippen molar-refractivity contribution in [3.8, 4) is 0 Å². The first kappa shape index (κ1) is 121. The number of carboxylic acid groups (broad SMARTS) is 3. The van der Waals surface area contributed by atoms with Crippen molar-refractivity contribution in [2.45, 2.75) is 335 Å². The molecular weight excluding hydrogens is 1780 g/mol. The van der Waals surface area contributed by atoms with Crippen LogP contribution in [-0.4, -0.2) is 258 Å². The summed E-state index contributed by atoms with van der Waals surface area (Å²) in [5, 5.41) is 45.6. The largest absolute Gasteiger partial charge is 0.480 e. The Bertz CT molecular complexity index is 4030. The molecule has 24 atom stereocenters. The van der Waals surface area contributed by atoms with Crippen molar-refractivity contribution in [3.05, 3.63) is 117 Å². The van der Waals surface area contributed by atoms with Gasteiger partial charge in [0.2, 0.25) is 5.78 Å². The number of carboxylic acids is 3. The summed E-state index contributed by atoms with van der Waals surface area (Å²) in [5.74, 6) is -4.84. The van der Waals surface area contributed by atoms with E-state index in [0.29, 0.717) is 68.7 Å². The van der Waals surface area contributed by atoms with Gasteiger partial charge in [-0.3, -0.25) is 34.4 Å². The Morgan fingerprint density at radius 2 is 0.724 bits per heavy atom. The number of amides is 4. The Hall–Kier alpha value is -9.55. The van der Waals surface area contributed by atoms with Crippen molar-refractivity contribution >= 4 is 73.6 Å². The van der Waals surface area contributed by atoms with Crippen LogP contribution in [0.4, 0.5) is 19.2 Å². The number of methoxy groups -OCH3 is 5. The van der Waals surface area contributed by atoms with Crippen molar-refractivity contribution in [1.82, 2.24) is 21.3 Å². The average Bonchev–Trinajstić information content (AvgIpc) is 0.866. The Morgan fingerprint density at radius 3 is 1.02 bits per heavy atom. The van der Waals surface area contributed by atoms with Crippen LogP contribution in [0.2, 0.25) is 0 Å². The molecule has 7 saturated heterocycles. The van der Waals surface area contributed by atoms with Crippen LogP contribution in [0.25, 0.3) is 0 Å². The molecule has 1 aromatic heterocycles. The first-order valence-electron chi connectivity index (χ1n) is 44.8. The maximum absolute atomic E-state index is 12.2. The molecule has 3 aromatic rings. The molecular formula is C93H149N6O34P. The summed E-state index contributed by atoms with van der Waals surface area (Å²) in [6.45, 7) is 30.9. The quantitative estimate of drug-likeness (QED) is 0.0205. The minimum absolute atomic E-state index is 0.00467. The van der Waals surface area contributed by atoms with Crippen molar-refractivity contribution in [2.24, 2.45) is 35.1 Å². The molecule has 40 nitrogen and oxygen atoms in total. The van der Waals surface area contributed by atoms with Crippen LogP contribution in [0.15, 0.2) is 93.3 Å². The summed E-state index contributed by atoms with van der Waals surface area (Å²) in [6.07, 6.45) is 7.69. The summed E-state index contributed by atoms with van der Waals surface area (Å²) < 4.78 is 98.1. The first-order chi connectivity index (χ1) is 62.9. The number of aliphatic carboxylic acids is 3. The number of carbonyl (C=O) groups excluding carboxylic acids is 8. The van der Waals surface area contributed by atoms with Gasteiger partial charge in [-0.25, -0.2) is 38.4 Å². The highest BCUT2D eigenvalue weighted by molar-refractivity contribution is 7.55. The lowest BCUT2D eigenvalue weighted by atomic mass is 9.86. The number of carbonyl (C=O) groups is 11. The monoisotopic (exact) mass is 1920 g/mol. The van der Waals surface area contributed by atoms with Crippen molar-refractivity contribution in [2.75, 3.05) is 49.8 Å². The maximum Gasteiger partial charge on any atom is 0.412 e. The number of Topliss-reactive ketones (excluding diaryl/α,β-unsaturated/α-hetero) is 1. The van der Waals surface area contributed by atoms with Gasteiger partial charge >= 0.3 is 67.8 Å². The summed E-state index contributed by atoms with van der Waals surface area (Å²) in [7, 11) is 4.45. The van der Waals surface area contributed by atoms with Gasteiger partial charge in [-0.2, -0.15) is 0 Å². The van der Waals surface area contributed by atoms with E-state index in [1.165, 1.54) is 40.6 Å². The van der Waals surface area contributed by atoms with Gasteiger partial charge < -0.3 is 122 Å². The number of aliphatic hydroxyl groups excluding tert-OH is 1. The van der Waals surface area contributed by atoms with Gasteiger partial charge in [-0.15, -0.1) is 0 Å². The third kappa shape index (κ3) is 47.8. The number of ketones is 1. The van der Waals surface area contributed by atoms with E-state index in [2.05, 4.69) is 40.2 Å². The van der Waals surface area contributed by atoms with Gasteiger partial charge in [-0.1, -0.05) is 60.7 Å². The van der Waals surface area contributed by atoms with Gasteiger partial charge in [0.25, 0.3) is 0 Å². The smallest absolute Gasteiger partial charge is 0.412 e. The zero-order valence-corrected chi connectivity index (χ0v) is 82.6. The Balaban J connectivity index is 0.000000519. The minimum Gasteiger partial charge on any atom is -0.480 e. The molecule has 0 bridgehead atoms. The fourth-order valence-electron chi connectivity index (χ4n) is 16.2. The number of hydrogen-bond acceptors (Lipinski definition) is 33. The van der Waals surface area contributed by atoms with E-state index in [1.54, 1.807) is 38.1 Å². The number of hydrogen-bond donors (Lipinski definition) is 10. The van der Waals surface area contributed by atoms with Gasteiger partial charge in [0, 0.05) is 39.2 Å². The highest BCUT2D eigenvalue weighted by Crippen LogP contribution is 2.51. The van der Waals surface area contributed by atoms with E-state index < -0.39 is 91.8 Å². The maximum atomic E-state index is 12.2. The van der Waals surface area contributed by atoms with Crippen molar-refractivity contribution in [3.63, 3.8) is 0 Å². The number of aliphatic hydroxyl groups is 1. The van der Waals surface area contributed by atoms with Gasteiger partial charge in [0.15, 0.2) is 5.43 Å². The number of nitrogens with two attached hydrogens (primary N) is 2. The normalized spacial score (nSPS) is 27.1. The molecule has 12 N–H and O–H groups in total. The molecule has 760 valence electrons. The Labute approximate surface area is 786 Å². The predicted molar refractivity (Wildman–Crippen MR) is 490 cm³/mol. The second-order valence-electron chi connectivity index (χ2n) is 34.2. The standard InChI is InChI=1S/C18H23NO5.C13H18NO7P.2C11H19NO5.C10H19NO3.C9H17NO3.C7H14O2.C7H12O2.C7H8O2/c1-12-9-15(10-13(2)24-12)16(17(20)22-3)19-18(21)23-11-14-7-5-4-6-8-14;1-18-12(15)11(22(17,19-2)20-3)14-13(16)21-9-10-7-5-4-6-8-10;2*1-6-4-8(5-7(2)17-6)9(10(13)14)12-11(15)16-3;1-6-4-8(5-7(2)14-6)9(11)10(12)13-3;1-5-3-7(4-6(2)13-5)8(10)9(11)12;3*1-5-3-7(8)4-6(2)9-5/h4-8,12-13H,9-11H2,1-3H3,(H,19,21);4-8,11H,9H2,1-3H3,(H,14,16);2*6-9H,4-5H2,1-3H3,(H,12,15)(H,13,14);6-9H,4-5,11H2,1-3H3;5-8H,3-4,10H2,1-2H3,(H,11,12);5-8H,3-4H2,1-2H3;5-6H,3-4H2,1-2H3;3-4H,1-2H3/t12-,13+;;3*6-,7+,8?,9?;5-,6+,7?,8?;5-,6+,7?;5-,6+;. The molecule has 7 aliphatic heterocycles. The highest BCUT2D eigenvalue weighted by atomic mass is 31.2. The number of benzene rings is 2. The van der Waals surface area contributed by atoms with Crippen LogP contribution >= 0.6 is 7.60 Å². The van der Waals surface area contributed by atoms with Crippen LogP contribution < -0.4 is 38.2 Å². The number of nitrogens with one attached hydrogen (secondary N) is 4. The number of ether oxygens (including phenoxy) is 14. The molecule has 0 saturated carbocycles. The van der Waals surface area contributed by atoms with Crippen LogP contribution in [0.1, 0.15) is 209 Å². The van der Waals surface area contributed by atoms with Gasteiger partial charge in [-0.05, 0) is 228 Å². The third-order valence-corrected chi connectivity index (χ3v) is 23.7. The third-order valence-electron chi connectivity index (χ3n) is 21.7. The lowest BCUT2D eigenvalue weighted by Crippen LogP contribution is -2.49. The van der Waals surface area contributed by atoms with Gasteiger partial charge in [0.1, 0.15) is 60.4 Å². The molecule has 2 aromatic carbocycles. The zero-order chi connectivity index (χ0) is 101. The van der Waals surface area contributed by atoms with E-state index >= 15 is 0 Å². The molecule has 4 amide bonds. The van der Waals surface area contributed by atoms with E-state index in [4.69, 9.17) is 87.6 Å². The van der Waals surface area contributed by atoms with Crippen LogP contribution in [0.5, 0.6) is 0 Å². The second-order valence-corrected chi connectivity index (χ2v) is 36.6.